The third kappa shape index (κ3) is 1.42. The summed E-state index contributed by atoms with van der Waals surface area (Å²) in [6.45, 7) is 0. The first-order valence-corrected chi connectivity index (χ1v) is 4.91. The minimum Gasteiger partial charge on any atom is -0.372 e. The van der Waals surface area contributed by atoms with Crippen molar-refractivity contribution in [2.75, 3.05) is 5.88 Å². The van der Waals surface area contributed by atoms with E-state index in [0.29, 0.717) is 11.1 Å². The molecule has 0 aromatic heterocycles. The molecule has 1 aliphatic rings. The summed E-state index contributed by atoms with van der Waals surface area (Å²) in [5.74, 6) is -1.18. The molecule has 1 atom stereocenters. The van der Waals surface area contributed by atoms with E-state index in [2.05, 4.69) is 0 Å². The van der Waals surface area contributed by atoms with E-state index in [0.717, 1.165) is 4.90 Å². The zero-order valence-electron chi connectivity index (χ0n) is 7.68. The van der Waals surface area contributed by atoms with Crippen molar-refractivity contribution in [2.24, 2.45) is 0 Å². The van der Waals surface area contributed by atoms with Crippen molar-refractivity contribution in [3.05, 3.63) is 35.4 Å². The van der Waals surface area contributed by atoms with Gasteiger partial charge in [0.25, 0.3) is 11.8 Å². The molecule has 2 amide bonds. The van der Waals surface area contributed by atoms with Crippen LogP contribution in [0.3, 0.4) is 0 Å². The molecular formula is C10H8ClNO3. The Morgan fingerprint density at radius 3 is 2.07 bits per heavy atom. The maximum Gasteiger partial charge on any atom is 0.263 e. The van der Waals surface area contributed by atoms with Crippen LogP contribution in [0.15, 0.2) is 24.3 Å². The first kappa shape index (κ1) is 10.1. The second kappa shape index (κ2) is 3.64. The number of nitrogens with zero attached hydrogens (tertiary/aromatic N) is 1. The first-order chi connectivity index (χ1) is 7.16. The van der Waals surface area contributed by atoms with Gasteiger partial charge in [-0.15, -0.1) is 11.6 Å². The van der Waals surface area contributed by atoms with E-state index in [1.807, 2.05) is 0 Å². The fourth-order valence-corrected chi connectivity index (χ4v) is 1.69. The number of amides is 2. The van der Waals surface area contributed by atoms with Gasteiger partial charge in [0, 0.05) is 0 Å². The molecule has 0 spiro atoms. The molecule has 0 saturated carbocycles. The van der Waals surface area contributed by atoms with Crippen LogP contribution >= 0.6 is 11.6 Å². The molecule has 1 heterocycles. The molecule has 2 rings (SSSR count). The third-order valence-electron chi connectivity index (χ3n) is 2.26. The third-order valence-corrected chi connectivity index (χ3v) is 2.54. The van der Waals surface area contributed by atoms with E-state index in [9.17, 15) is 14.7 Å². The number of carbonyl (C=O) groups is 2. The predicted molar refractivity (Wildman–Crippen MR) is 53.7 cm³/mol. The van der Waals surface area contributed by atoms with Gasteiger partial charge in [-0.3, -0.25) is 9.59 Å². The highest BCUT2D eigenvalue weighted by Gasteiger charge is 2.38. The molecular weight excluding hydrogens is 218 g/mol. The van der Waals surface area contributed by atoms with Crippen LogP contribution in [0.2, 0.25) is 0 Å². The van der Waals surface area contributed by atoms with Crippen LogP contribution in [0.25, 0.3) is 0 Å². The highest BCUT2D eigenvalue weighted by atomic mass is 35.5. The minimum absolute atomic E-state index is 0.189. The van der Waals surface area contributed by atoms with Gasteiger partial charge in [0.15, 0.2) is 6.23 Å². The van der Waals surface area contributed by atoms with Crippen LogP contribution in [0.4, 0.5) is 0 Å². The normalized spacial score (nSPS) is 16.8. The van der Waals surface area contributed by atoms with Gasteiger partial charge in [0.2, 0.25) is 0 Å². The van der Waals surface area contributed by atoms with Crippen LogP contribution in [-0.2, 0) is 0 Å². The lowest BCUT2D eigenvalue weighted by Crippen LogP contribution is -2.40. The second-order valence-electron chi connectivity index (χ2n) is 3.16. The summed E-state index contributed by atoms with van der Waals surface area (Å²) in [6, 6.07) is 6.44. The van der Waals surface area contributed by atoms with Crippen molar-refractivity contribution in [1.29, 1.82) is 0 Å². The standard InChI is InChI=1S/C10H8ClNO3/c11-5-8(13)12-9(14)6-3-1-2-4-7(6)10(12)15/h1-4,8,13H,5H2/t8-/m1/s1. The number of fused-ring (bicyclic) bond motifs is 1. The number of benzene rings is 1. The highest BCUT2D eigenvalue weighted by Crippen LogP contribution is 2.23. The molecule has 4 nitrogen and oxygen atoms in total. The summed E-state index contributed by atoms with van der Waals surface area (Å²) in [4.78, 5) is 24.2. The van der Waals surface area contributed by atoms with Crippen LogP contribution in [-0.4, -0.2) is 33.9 Å². The number of alkyl halides is 1. The Morgan fingerprint density at radius 2 is 1.67 bits per heavy atom. The van der Waals surface area contributed by atoms with Crippen LogP contribution in [0.1, 0.15) is 20.7 Å². The van der Waals surface area contributed by atoms with Crippen molar-refractivity contribution >= 4 is 23.4 Å². The Balaban J connectivity index is 2.45. The predicted octanol–water partition coefficient (Wildman–Crippen LogP) is 0.840. The van der Waals surface area contributed by atoms with Gasteiger partial charge in [-0.05, 0) is 12.1 Å². The van der Waals surface area contributed by atoms with Gasteiger partial charge in [-0.25, -0.2) is 4.90 Å². The summed E-state index contributed by atoms with van der Waals surface area (Å²) in [5, 5.41) is 9.42. The molecule has 78 valence electrons. The van der Waals surface area contributed by atoms with Crippen LogP contribution < -0.4 is 0 Å². The molecule has 0 saturated heterocycles. The zero-order valence-corrected chi connectivity index (χ0v) is 8.44. The molecule has 1 aromatic carbocycles. The summed E-state index contributed by atoms with van der Waals surface area (Å²) in [5.41, 5.74) is 0.623. The van der Waals surface area contributed by atoms with Crippen molar-refractivity contribution in [2.45, 2.75) is 6.23 Å². The Hall–Kier alpha value is -1.39. The molecule has 0 aliphatic carbocycles. The van der Waals surface area contributed by atoms with Crippen molar-refractivity contribution in [3.63, 3.8) is 0 Å². The summed E-state index contributed by atoms with van der Waals surface area (Å²) in [6.07, 6.45) is -1.26. The lowest BCUT2D eigenvalue weighted by atomic mass is 10.1. The number of aliphatic hydroxyl groups is 1. The maximum absolute atomic E-state index is 11.7. The van der Waals surface area contributed by atoms with Gasteiger partial charge in [-0.1, -0.05) is 12.1 Å². The molecule has 0 bridgehead atoms. The second-order valence-corrected chi connectivity index (χ2v) is 3.47. The van der Waals surface area contributed by atoms with Crippen LogP contribution in [0, 0.1) is 0 Å². The lowest BCUT2D eigenvalue weighted by Gasteiger charge is -2.18. The van der Waals surface area contributed by atoms with E-state index in [4.69, 9.17) is 11.6 Å². The van der Waals surface area contributed by atoms with Gasteiger partial charge in [0.1, 0.15) is 0 Å². The summed E-state index contributed by atoms with van der Waals surface area (Å²) < 4.78 is 0. The van der Waals surface area contributed by atoms with Gasteiger partial charge >= 0.3 is 0 Å². The maximum atomic E-state index is 11.7. The molecule has 1 aliphatic heterocycles. The molecule has 0 unspecified atom stereocenters. The van der Waals surface area contributed by atoms with E-state index < -0.39 is 18.0 Å². The number of hydrogen-bond acceptors (Lipinski definition) is 3. The number of aliphatic hydroxyl groups excluding tert-OH is 1. The fourth-order valence-electron chi connectivity index (χ4n) is 1.55. The Bertz CT molecular complexity index is 397. The highest BCUT2D eigenvalue weighted by molar-refractivity contribution is 6.23. The Morgan fingerprint density at radius 1 is 1.20 bits per heavy atom. The van der Waals surface area contributed by atoms with Crippen molar-refractivity contribution in [1.82, 2.24) is 4.90 Å². The minimum atomic E-state index is -1.26. The summed E-state index contributed by atoms with van der Waals surface area (Å²) in [7, 11) is 0. The fraction of sp³-hybridized carbons (Fsp3) is 0.200. The SMILES string of the molecule is O=C1c2ccccc2C(=O)N1[C@H](O)CCl. The van der Waals surface area contributed by atoms with E-state index in [1.165, 1.54) is 0 Å². The average Bonchev–Trinajstić information content (AvgIpc) is 2.52. The van der Waals surface area contributed by atoms with Gasteiger partial charge in [0.05, 0.1) is 17.0 Å². The molecule has 0 fully saturated rings. The van der Waals surface area contributed by atoms with Gasteiger partial charge in [-0.2, -0.15) is 0 Å². The van der Waals surface area contributed by atoms with Gasteiger partial charge < -0.3 is 5.11 Å². The largest absolute Gasteiger partial charge is 0.372 e. The number of rotatable bonds is 2. The molecule has 1 N–H and O–H groups in total. The zero-order chi connectivity index (χ0) is 11.0. The molecule has 5 heteroatoms. The van der Waals surface area contributed by atoms with E-state index in [-0.39, 0.29) is 5.88 Å². The van der Waals surface area contributed by atoms with E-state index >= 15 is 0 Å². The van der Waals surface area contributed by atoms with E-state index in [1.54, 1.807) is 24.3 Å². The average molecular weight is 226 g/mol. The first-order valence-electron chi connectivity index (χ1n) is 4.37. The topological polar surface area (TPSA) is 57.6 Å². The molecule has 1 aromatic rings. The monoisotopic (exact) mass is 225 g/mol. The summed E-state index contributed by atoms with van der Waals surface area (Å²) >= 11 is 5.41. The number of halogens is 1. The Labute approximate surface area is 91.1 Å². The number of carbonyl (C=O) groups excluding carboxylic acids is 2. The number of imide groups is 1. The molecule has 15 heavy (non-hydrogen) atoms. The lowest BCUT2D eigenvalue weighted by molar-refractivity contribution is 0.0225. The quantitative estimate of drug-likeness (QED) is 0.600. The smallest absolute Gasteiger partial charge is 0.263 e. The van der Waals surface area contributed by atoms with Crippen molar-refractivity contribution in [3.8, 4) is 0 Å². The van der Waals surface area contributed by atoms with Crippen LogP contribution in [0.5, 0.6) is 0 Å². The Kier molecular flexibility index (Phi) is 2.46. The van der Waals surface area contributed by atoms with Crippen molar-refractivity contribution < 1.29 is 14.7 Å². The number of hydrogen-bond donors (Lipinski definition) is 1. The molecule has 0 radical (unpaired) electrons.